The molecule has 2 aromatic heterocycles. The summed E-state index contributed by atoms with van der Waals surface area (Å²) in [5.74, 6) is 0. The summed E-state index contributed by atoms with van der Waals surface area (Å²) in [6.07, 6.45) is 0. The molecule has 1 aromatic carbocycles. The van der Waals surface area contributed by atoms with Crippen LogP contribution < -0.4 is 5.69 Å². The molecule has 0 aliphatic heterocycles. The van der Waals surface area contributed by atoms with Gasteiger partial charge in [-0.3, -0.25) is 0 Å². The fourth-order valence-electron chi connectivity index (χ4n) is 1.45. The van der Waals surface area contributed by atoms with Gasteiger partial charge in [-0.25, -0.2) is 4.79 Å². The lowest BCUT2D eigenvalue weighted by atomic mass is 10.2. The second kappa shape index (κ2) is 2.38. The van der Waals surface area contributed by atoms with Gasteiger partial charge in [-0.05, 0) is 22.6 Å². The highest BCUT2D eigenvalue weighted by atomic mass is 16.1. The first-order chi connectivity index (χ1) is 6.86. The molecule has 3 rings (SSSR count). The van der Waals surface area contributed by atoms with Crippen molar-refractivity contribution in [3.05, 3.63) is 34.7 Å². The number of rotatable bonds is 0. The SMILES string of the molecule is O=c1[nH]c2ccccc2c2nnnn12. The van der Waals surface area contributed by atoms with E-state index in [4.69, 9.17) is 0 Å². The van der Waals surface area contributed by atoms with Crippen LogP contribution in [0.5, 0.6) is 0 Å². The number of benzene rings is 1. The van der Waals surface area contributed by atoms with E-state index in [0.717, 1.165) is 15.4 Å². The van der Waals surface area contributed by atoms with E-state index in [1.807, 2.05) is 24.3 Å². The van der Waals surface area contributed by atoms with Gasteiger partial charge in [0, 0.05) is 5.39 Å². The quantitative estimate of drug-likeness (QED) is 0.536. The Morgan fingerprint density at radius 1 is 1.29 bits per heavy atom. The highest BCUT2D eigenvalue weighted by Gasteiger charge is 2.05. The van der Waals surface area contributed by atoms with E-state index in [0.29, 0.717) is 5.65 Å². The minimum Gasteiger partial charge on any atom is -0.305 e. The number of nitrogens with zero attached hydrogens (tertiary/aromatic N) is 4. The van der Waals surface area contributed by atoms with Crippen molar-refractivity contribution in [2.45, 2.75) is 0 Å². The minimum atomic E-state index is -0.330. The summed E-state index contributed by atoms with van der Waals surface area (Å²) >= 11 is 0. The third-order valence-electron chi connectivity index (χ3n) is 2.07. The average molecular weight is 187 g/mol. The molecule has 3 aromatic rings. The Morgan fingerprint density at radius 3 is 3.07 bits per heavy atom. The summed E-state index contributed by atoms with van der Waals surface area (Å²) in [4.78, 5) is 14.1. The van der Waals surface area contributed by atoms with Crippen LogP contribution >= 0.6 is 0 Å². The average Bonchev–Trinajstić information content (AvgIpc) is 2.67. The fourth-order valence-corrected chi connectivity index (χ4v) is 1.45. The van der Waals surface area contributed by atoms with Crippen molar-refractivity contribution in [1.82, 2.24) is 25.0 Å². The summed E-state index contributed by atoms with van der Waals surface area (Å²) in [5, 5.41) is 11.7. The van der Waals surface area contributed by atoms with Crippen molar-refractivity contribution in [2.24, 2.45) is 0 Å². The normalized spacial score (nSPS) is 11.1. The number of nitrogens with one attached hydrogen (secondary N) is 1. The number of aromatic nitrogens is 5. The Balaban J connectivity index is 2.73. The lowest BCUT2D eigenvalue weighted by Gasteiger charge is -1.96. The smallest absolute Gasteiger partial charge is 0.305 e. The molecule has 1 N–H and O–H groups in total. The fraction of sp³-hybridized carbons (Fsp3) is 0. The molecule has 2 heterocycles. The van der Waals surface area contributed by atoms with Gasteiger partial charge in [-0.2, -0.15) is 0 Å². The summed E-state index contributed by atoms with van der Waals surface area (Å²) in [6, 6.07) is 7.39. The van der Waals surface area contributed by atoms with Crippen LogP contribution in [0.2, 0.25) is 0 Å². The third-order valence-corrected chi connectivity index (χ3v) is 2.07. The summed E-state index contributed by atoms with van der Waals surface area (Å²) in [7, 11) is 0. The Bertz CT molecular complexity index is 668. The van der Waals surface area contributed by atoms with Crippen LogP contribution in [-0.2, 0) is 0 Å². The van der Waals surface area contributed by atoms with Crippen molar-refractivity contribution >= 4 is 16.6 Å². The van der Waals surface area contributed by atoms with Crippen LogP contribution in [0.25, 0.3) is 16.6 Å². The minimum absolute atomic E-state index is 0.330. The first kappa shape index (κ1) is 7.19. The van der Waals surface area contributed by atoms with Crippen LogP contribution in [-0.4, -0.2) is 25.0 Å². The van der Waals surface area contributed by atoms with Crippen LogP contribution in [0.1, 0.15) is 0 Å². The second-order valence-electron chi connectivity index (χ2n) is 2.89. The van der Waals surface area contributed by atoms with E-state index in [2.05, 4.69) is 20.5 Å². The molecule has 0 spiro atoms. The lowest BCUT2D eigenvalue weighted by Crippen LogP contribution is -2.17. The molecule has 0 radical (unpaired) electrons. The lowest BCUT2D eigenvalue weighted by molar-refractivity contribution is 0.787. The maximum Gasteiger partial charge on any atom is 0.350 e. The highest BCUT2D eigenvalue weighted by molar-refractivity contribution is 5.90. The van der Waals surface area contributed by atoms with Gasteiger partial charge in [-0.1, -0.05) is 12.1 Å². The van der Waals surface area contributed by atoms with Gasteiger partial charge in [-0.15, -0.1) is 9.61 Å². The number of hydrogen-bond donors (Lipinski definition) is 1. The Hall–Kier alpha value is -2.24. The van der Waals surface area contributed by atoms with Gasteiger partial charge in [0.15, 0.2) is 5.65 Å². The zero-order chi connectivity index (χ0) is 9.54. The van der Waals surface area contributed by atoms with Crippen molar-refractivity contribution < 1.29 is 0 Å². The van der Waals surface area contributed by atoms with E-state index in [1.54, 1.807) is 0 Å². The van der Waals surface area contributed by atoms with E-state index < -0.39 is 0 Å². The van der Waals surface area contributed by atoms with Gasteiger partial charge in [0.25, 0.3) is 0 Å². The summed E-state index contributed by atoms with van der Waals surface area (Å²) in [5.41, 5.74) is 0.882. The molecule has 0 saturated heterocycles. The van der Waals surface area contributed by atoms with E-state index in [9.17, 15) is 4.79 Å². The Labute approximate surface area is 77.2 Å². The predicted octanol–water partition coefficient (Wildman–Crippen LogP) is -0.0342. The van der Waals surface area contributed by atoms with Crippen LogP contribution in [0.15, 0.2) is 29.1 Å². The molecular weight excluding hydrogens is 182 g/mol. The molecular formula is C8H5N5O. The van der Waals surface area contributed by atoms with Crippen LogP contribution in [0.4, 0.5) is 0 Å². The number of tetrazole rings is 1. The van der Waals surface area contributed by atoms with Crippen LogP contribution in [0, 0.1) is 0 Å². The zero-order valence-corrected chi connectivity index (χ0v) is 7.01. The van der Waals surface area contributed by atoms with Crippen molar-refractivity contribution in [1.29, 1.82) is 0 Å². The Morgan fingerprint density at radius 2 is 2.14 bits per heavy atom. The second-order valence-corrected chi connectivity index (χ2v) is 2.89. The number of aromatic amines is 1. The van der Waals surface area contributed by atoms with Gasteiger partial charge < -0.3 is 4.98 Å². The first-order valence-corrected chi connectivity index (χ1v) is 4.05. The molecule has 0 bridgehead atoms. The van der Waals surface area contributed by atoms with Gasteiger partial charge in [0.2, 0.25) is 0 Å². The number of H-pyrrole nitrogens is 1. The van der Waals surface area contributed by atoms with Crippen molar-refractivity contribution in [3.8, 4) is 0 Å². The topological polar surface area (TPSA) is 75.9 Å². The van der Waals surface area contributed by atoms with Crippen LogP contribution in [0.3, 0.4) is 0 Å². The van der Waals surface area contributed by atoms with E-state index in [1.165, 1.54) is 0 Å². The molecule has 6 nitrogen and oxygen atoms in total. The number of para-hydroxylation sites is 1. The predicted molar refractivity (Wildman–Crippen MR) is 48.9 cm³/mol. The number of fused-ring (bicyclic) bond motifs is 3. The third kappa shape index (κ3) is 0.792. The Kier molecular flexibility index (Phi) is 1.22. The van der Waals surface area contributed by atoms with Crippen molar-refractivity contribution in [3.63, 3.8) is 0 Å². The van der Waals surface area contributed by atoms with Crippen molar-refractivity contribution in [2.75, 3.05) is 0 Å². The highest BCUT2D eigenvalue weighted by Crippen LogP contribution is 2.11. The van der Waals surface area contributed by atoms with Gasteiger partial charge in [0.1, 0.15) is 0 Å². The molecule has 6 heteroatoms. The molecule has 0 saturated carbocycles. The maximum atomic E-state index is 11.4. The molecule has 14 heavy (non-hydrogen) atoms. The zero-order valence-electron chi connectivity index (χ0n) is 7.01. The molecule has 0 amide bonds. The standard InChI is InChI=1S/C8H5N5O/c14-8-9-6-4-2-1-3-5(6)7-10-11-12-13(7)8/h1-4H,(H,9,14). The molecule has 0 aliphatic rings. The summed E-state index contributed by atoms with van der Waals surface area (Å²) in [6.45, 7) is 0. The van der Waals surface area contributed by atoms with E-state index in [-0.39, 0.29) is 5.69 Å². The molecule has 0 fully saturated rings. The van der Waals surface area contributed by atoms with E-state index >= 15 is 0 Å². The largest absolute Gasteiger partial charge is 0.350 e. The first-order valence-electron chi connectivity index (χ1n) is 4.05. The summed E-state index contributed by atoms with van der Waals surface area (Å²) < 4.78 is 1.14. The molecule has 0 atom stereocenters. The molecule has 0 aliphatic carbocycles. The van der Waals surface area contributed by atoms with Gasteiger partial charge in [0.05, 0.1) is 5.52 Å². The number of hydrogen-bond acceptors (Lipinski definition) is 4. The monoisotopic (exact) mass is 187 g/mol. The molecule has 68 valence electrons. The van der Waals surface area contributed by atoms with Gasteiger partial charge >= 0.3 is 5.69 Å². The molecule has 0 unspecified atom stereocenters. The maximum absolute atomic E-state index is 11.4.